The number of aliphatic carboxylic acids is 1. The molecule has 1 rings (SSSR count). The molecule has 0 saturated carbocycles. The average Bonchev–Trinajstić information content (AvgIpc) is 3.81. The molecule has 12 amide bonds. The molecule has 0 aromatic heterocycles. The van der Waals surface area contributed by atoms with Crippen molar-refractivity contribution in [2.24, 2.45) is 34.8 Å². The number of primary amides is 3. The molecular formula is C42H71N13O17. The van der Waals surface area contributed by atoms with Crippen molar-refractivity contribution >= 4 is 76.9 Å². The van der Waals surface area contributed by atoms with E-state index in [1.54, 1.807) is 13.8 Å². The quantitative estimate of drug-likeness (QED) is 0.0290. The molecular weight excluding hydrogens is 959 g/mol. The number of nitrogens with one attached hydrogen (secondary N) is 8. The van der Waals surface area contributed by atoms with Crippen molar-refractivity contribution in [3.8, 4) is 0 Å². The molecule has 9 atom stereocenters. The molecule has 1 aliphatic heterocycles. The summed E-state index contributed by atoms with van der Waals surface area (Å²) in [7, 11) is 0. The van der Waals surface area contributed by atoms with Gasteiger partial charge in [0.15, 0.2) is 0 Å². The molecule has 30 nitrogen and oxygen atoms in total. The van der Waals surface area contributed by atoms with Gasteiger partial charge in [-0.05, 0) is 50.4 Å². The van der Waals surface area contributed by atoms with E-state index in [2.05, 4.69) is 42.5 Å². The Bertz CT molecular complexity index is 1970. The number of amides is 12. The zero-order valence-electron chi connectivity index (χ0n) is 40.6. The third-order valence-corrected chi connectivity index (χ3v) is 11.0. The van der Waals surface area contributed by atoms with Crippen LogP contribution in [-0.4, -0.2) is 189 Å². The van der Waals surface area contributed by atoms with E-state index < -0.39 is 189 Å². The number of carboxylic acids is 1. The number of carbonyl (C=O) groups is 13. The number of likely N-dealkylation sites (tertiary alicyclic amines) is 1. The topological polar surface area (TPSA) is 506 Å². The highest BCUT2D eigenvalue weighted by Crippen LogP contribution is 2.18. The Morgan fingerprint density at radius 3 is 1.32 bits per heavy atom. The number of carbonyl (C=O) groups excluding carboxylic acids is 12. The van der Waals surface area contributed by atoms with Gasteiger partial charge in [-0.25, -0.2) is 4.79 Å². The molecule has 1 heterocycles. The Labute approximate surface area is 413 Å². The van der Waals surface area contributed by atoms with Gasteiger partial charge in [-0.3, -0.25) is 57.5 Å². The van der Waals surface area contributed by atoms with Crippen LogP contribution < -0.4 is 65.5 Å². The van der Waals surface area contributed by atoms with E-state index in [4.69, 9.17) is 22.9 Å². The van der Waals surface area contributed by atoms with E-state index in [1.165, 1.54) is 18.7 Å². The van der Waals surface area contributed by atoms with Crippen LogP contribution in [0.3, 0.4) is 0 Å². The predicted octanol–water partition coefficient (Wildman–Crippen LogP) is -8.63. The number of hydrogen-bond donors (Lipinski definition) is 16. The summed E-state index contributed by atoms with van der Waals surface area (Å²) in [6, 6.07) is -14.0. The maximum atomic E-state index is 13.6. The molecule has 1 fully saturated rings. The van der Waals surface area contributed by atoms with E-state index in [-0.39, 0.29) is 38.1 Å². The Hall–Kier alpha value is -7.05. The summed E-state index contributed by atoms with van der Waals surface area (Å²) >= 11 is 0. The minimum atomic E-state index is -1.91. The van der Waals surface area contributed by atoms with Gasteiger partial charge in [0.25, 0.3) is 0 Å². The summed E-state index contributed by atoms with van der Waals surface area (Å²) in [5.41, 5.74) is 21.3. The summed E-state index contributed by atoms with van der Waals surface area (Å²) in [5.74, 6) is -13.9. The number of nitrogens with zero attached hydrogens (tertiary/aromatic N) is 1. The second-order valence-electron chi connectivity index (χ2n) is 17.7. The maximum Gasteiger partial charge on any atom is 0.326 e. The van der Waals surface area contributed by atoms with Crippen molar-refractivity contribution in [3.63, 3.8) is 0 Å². The van der Waals surface area contributed by atoms with Gasteiger partial charge in [0, 0.05) is 25.8 Å². The van der Waals surface area contributed by atoms with Crippen LogP contribution in [0.15, 0.2) is 0 Å². The zero-order chi connectivity index (χ0) is 55.0. The van der Waals surface area contributed by atoms with Crippen LogP contribution in [0.1, 0.15) is 85.5 Å². The van der Waals surface area contributed by atoms with E-state index >= 15 is 0 Å². The van der Waals surface area contributed by atoms with Gasteiger partial charge in [-0.2, -0.15) is 0 Å². The minimum absolute atomic E-state index is 0.0107. The lowest BCUT2D eigenvalue weighted by Crippen LogP contribution is -2.61. The standard InChI is InChI=1S/C42H71N13O17/c1-19(2)14-24(50-41(70)28-6-5-13-55(28)32(62)15-47-34(63)21(43)7-10-29(44)59)37(66)52-27(18-58)40(69)53-26(17-57)39(68)48-22(8-11-30(45)60)35(64)51-25(16-56)38(67)49-23(9-12-31(46)61)36(65)54-33(20(3)4)42(71)72/h19-28,33,56-58H,5-18,43H2,1-4H3,(H2,44,59)(H2,45,60)(H2,46,61)(H,47,63)(H,48,68)(H,49,67)(H,50,70)(H,51,64)(H,52,66)(H,53,69)(H,54,65)(H,71,72)/t21-,22-,23-,24-,25-,26-,27-,28-,33-/m0/s1. The fourth-order valence-electron chi connectivity index (χ4n) is 6.95. The van der Waals surface area contributed by atoms with E-state index in [1.807, 2.05) is 0 Å². The van der Waals surface area contributed by atoms with Gasteiger partial charge in [0.1, 0.15) is 48.3 Å². The van der Waals surface area contributed by atoms with Gasteiger partial charge in [0.05, 0.1) is 32.4 Å². The molecule has 30 heteroatoms. The highest BCUT2D eigenvalue weighted by molar-refractivity contribution is 5.98. The third kappa shape index (κ3) is 21.9. The summed E-state index contributed by atoms with van der Waals surface area (Å²) < 4.78 is 0. The van der Waals surface area contributed by atoms with E-state index in [0.717, 1.165) is 0 Å². The van der Waals surface area contributed by atoms with Crippen molar-refractivity contribution < 1.29 is 82.8 Å². The molecule has 20 N–H and O–H groups in total. The van der Waals surface area contributed by atoms with Crippen LogP contribution in [-0.2, 0) is 62.3 Å². The number of carboxylic acid groups (broad SMARTS) is 1. The molecule has 0 aliphatic carbocycles. The second-order valence-corrected chi connectivity index (χ2v) is 17.7. The SMILES string of the molecule is CC(C)C[C@H](NC(=O)[C@@H]1CCCN1C(=O)CNC(=O)[C@@H](N)CCC(N)=O)C(=O)N[C@@H](CO)C(=O)N[C@@H](CO)C(=O)N[C@@H](CCC(N)=O)C(=O)N[C@@H](CO)C(=O)N[C@@H](CCC(N)=O)C(=O)N[C@H](C(=O)O)C(C)C. The van der Waals surface area contributed by atoms with Gasteiger partial charge < -0.3 is 90.8 Å². The lowest BCUT2D eigenvalue weighted by atomic mass is 10.0. The van der Waals surface area contributed by atoms with Crippen LogP contribution in [0.4, 0.5) is 0 Å². The number of hydrogen-bond acceptors (Lipinski definition) is 17. The Morgan fingerprint density at radius 2 is 0.931 bits per heavy atom. The van der Waals surface area contributed by atoms with Gasteiger partial charge in [-0.1, -0.05) is 27.7 Å². The Kier molecular flexibility index (Phi) is 27.4. The lowest BCUT2D eigenvalue weighted by Gasteiger charge is -2.28. The van der Waals surface area contributed by atoms with Crippen molar-refractivity contribution in [3.05, 3.63) is 0 Å². The van der Waals surface area contributed by atoms with Crippen LogP contribution in [0.2, 0.25) is 0 Å². The van der Waals surface area contributed by atoms with Gasteiger partial charge in [0.2, 0.25) is 70.9 Å². The smallest absolute Gasteiger partial charge is 0.326 e. The number of rotatable bonds is 33. The molecule has 0 unspecified atom stereocenters. The van der Waals surface area contributed by atoms with Crippen molar-refractivity contribution in [1.82, 2.24) is 47.4 Å². The predicted molar refractivity (Wildman–Crippen MR) is 248 cm³/mol. The summed E-state index contributed by atoms with van der Waals surface area (Å²) in [6.07, 6.45) is -1.66. The van der Waals surface area contributed by atoms with Crippen molar-refractivity contribution in [1.29, 1.82) is 0 Å². The van der Waals surface area contributed by atoms with Crippen molar-refractivity contribution in [2.45, 2.75) is 140 Å². The second kappa shape index (κ2) is 31.3. The molecule has 0 aromatic rings. The molecule has 0 radical (unpaired) electrons. The largest absolute Gasteiger partial charge is 0.480 e. The Morgan fingerprint density at radius 1 is 0.542 bits per heavy atom. The third-order valence-electron chi connectivity index (χ3n) is 11.0. The monoisotopic (exact) mass is 1030 g/mol. The molecule has 1 saturated heterocycles. The first kappa shape index (κ1) is 63.0. The molecule has 0 aromatic carbocycles. The minimum Gasteiger partial charge on any atom is -0.480 e. The number of aliphatic hydroxyl groups is 3. The summed E-state index contributed by atoms with van der Waals surface area (Å²) in [5, 5.41) is 57.8. The van der Waals surface area contributed by atoms with Crippen LogP contribution in [0, 0.1) is 11.8 Å². The molecule has 0 spiro atoms. The maximum absolute atomic E-state index is 13.6. The summed E-state index contributed by atoms with van der Waals surface area (Å²) in [6.45, 7) is 2.63. The number of aliphatic hydroxyl groups excluding tert-OH is 3. The van der Waals surface area contributed by atoms with E-state index in [9.17, 15) is 82.8 Å². The van der Waals surface area contributed by atoms with Crippen LogP contribution in [0.25, 0.3) is 0 Å². The van der Waals surface area contributed by atoms with Crippen LogP contribution in [0.5, 0.6) is 0 Å². The van der Waals surface area contributed by atoms with Gasteiger partial charge in [-0.15, -0.1) is 0 Å². The van der Waals surface area contributed by atoms with Crippen molar-refractivity contribution in [2.75, 3.05) is 32.9 Å². The molecule has 0 bridgehead atoms. The highest BCUT2D eigenvalue weighted by Gasteiger charge is 2.38. The van der Waals surface area contributed by atoms with Crippen LogP contribution >= 0.6 is 0 Å². The Balaban J connectivity index is 3.15. The zero-order valence-corrected chi connectivity index (χ0v) is 40.6. The summed E-state index contributed by atoms with van der Waals surface area (Å²) in [4.78, 5) is 166. The fraction of sp³-hybridized carbons (Fsp3) is 0.690. The normalized spacial score (nSPS) is 16.5. The van der Waals surface area contributed by atoms with E-state index in [0.29, 0.717) is 6.42 Å². The molecule has 72 heavy (non-hydrogen) atoms. The molecule has 1 aliphatic rings. The first-order valence-electron chi connectivity index (χ1n) is 23.0. The average molecular weight is 1030 g/mol. The number of nitrogens with two attached hydrogens (primary N) is 4. The fourth-order valence-corrected chi connectivity index (χ4v) is 6.95. The highest BCUT2D eigenvalue weighted by atomic mass is 16.4. The first-order chi connectivity index (χ1) is 33.7. The molecule has 406 valence electrons. The van der Waals surface area contributed by atoms with Gasteiger partial charge >= 0.3 is 5.97 Å². The lowest BCUT2D eigenvalue weighted by molar-refractivity contribution is -0.143. The first-order valence-corrected chi connectivity index (χ1v) is 23.0.